The first-order chi connectivity index (χ1) is 13.3. The second-order valence-electron chi connectivity index (χ2n) is 4.02. The van der Waals surface area contributed by atoms with E-state index in [0.29, 0.717) is 4.57 Å². The second-order valence-corrected chi connectivity index (χ2v) is 4.02. The summed E-state index contributed by atoms with van der Waals surface area (Å²) in [5.74, 6) is 0. The fourth-order valence-electron chi connectivity index (χ4n) is 1.71. The predicted octanol–water partition coefficient (Wildman–Crippen LogP) is -0.0152. The van der Waals surface area contributed by atoms with Crippen LogP contribution in [0.4, 0.5) is 0 Å². The second kappa shape index (κ2) is 5.62. The summed E-state index contributed by atoms with van der Waals surface area (Å²) in [7, 11) is 2.52. The van der Waals surface area contributed by atoms with Gasteiger partial charge in [0, 0.05) is 33.0 Å². The average Bonchev–Trinajstić information content (AvgIpc) is 2.90. The summed E-state index contributed by atoms with van der Waals surface area (Å²) in [4.78, 5) is 29.1. The van der Waals surface area contributed by atoms with Gasteiger partial charge in [-0.3, -0.25) is 13.9 Å². The normalized spacial score (nSPS) is 23.1. The predicted molar refractivity (Wildman–Crippen MR) is 75.7 cm³/mol. The number of aliphatic hydroxyl groups is 1. The van der Waals surface area contributed by atoms with Crippen LogP contribution in [0.3, 0.4) is 0 Å². The van der Waals surface area contributed by atoms with Crippen molar-refractivity contribution >= 4 is 11.2 Å². The van der Waals surface area contributed by atoms with E-state index in [2.05, 4.69) is 4.98 Å². The van der Waals surface area contributed by atoms with E-state index in [1.54, 1.807) is 0 Å². The number of rotatable bonds is 5. The average molecular weight is 290 g/mol. The Morgan fingerprint density at radius 2 is 2.25 bits per heavy atom. The Hall–Kier alpha value is -1.89. The van der Waals surface area contributed by atoms with E-state index in [-0.39, 0.29) is 17.5 Å². The highest BCUT2D eigenvalue weighted by molar-refractivity contribution is 5.69. The Morgan fingerprint density at radius 1 is 1.50 bits per heavy atom. The first-order valence-corrected chi connectivity index (χ1v) is 5.60. The molecule has 0 aliphatic heterocycles. The molecular formula is C13H20N4O3. The van der Waals surface area contributed by atoms with E-state index in [4.69, 9.17) is 13.7 Å². The van der Waals surface area contributed by atoms with Crippen LogP contribution < -0.4 is 11.2 Å². The van der Waals surface area contributed by atoms with Crippen LogP contribution in [0.5, 0.6) is 0 Å². The third kappa shape index (κ3) is 2.53. The summed E-state index contributed by atoms with van der Waals surface area (Å²) in [6.07, 6.45) is -13.8. The van der Waals surface area contributed by atoms with Crippen molar-refractivity contribution in [2.45, 2.75) is 38.6 Å². The molecule has 1 unspecified atom stereocenters. The number of aryl methyl sites for hydroxylation is 2. The molecule has 2 heterocycles. The lowest BCUT2D eigenvalue weighted by Crippen LogP contribution is -2.39. The van der Waals surface area contributed by atoms with Crippen molar-refractivity contribution in [3.8, 4) is 0 Å². The molecule has 0 spiro atoms. The Labute approximate surface area is 130 Å². The fraction of sp³-hybridized carbons (Fsp3) is 0.615. The first kappa shape index (κ1) is 6.26. The van der Waals surface area contributed by atoms with Crippen LogP contribution in [0.15, 0.2) is 15.9 Å². The Kier molecular flexibility index (Phi) is 1.76. The van der Waals surface area contributed by atoms with Crippen molar-refractivity contribution in [2.24, 2.45) is 14.1 Å². The summed E-state index contributed by atoms with van der Waals surface area (Å²) in [5, 5.41) is 9.80. The van der Waals surface area contributed by atoms with Crippen LogP contribution in [0.1, 0.15) is 39.7 Å². The van der Waals surface area contributed by atoms with Gasteiger partial charge in [-0.15, -0.1) is 0 Å². The summed E-state index contributed by atoms with van der Waals surface area (Å²) in [5.41, 5.74) is -2.56. The molecule has 110 valence electrons. The highest BCUT2D eigenvalue weighted by Gasteiger charge is 2.14. The van der Waals surface area contributed by atoms with Crippen molar-refractivity contribution in [1.29, 1.82) is 0 Å². The number of nitrogens with zero attached hydrogens (tertiary/aromatic N) is 4. The molecule has 0 radical (unpaired) electrons. The Balaban J connectivity index is 2.66. The minimum absolute atomic E-state index is 0.148. The van der Waals surface area contributed by atoms with E-state index in [0.717, 1.165) is 9.13 Å². The van der Waals surface area contributed by atoms with Crippen LogP contribution in [-0.4, -0.2) is 29.9 Å². The monoisotopic (exact) mass is 290 g/mol. The minimum Gasteiger partial charge on any atom is -0.393 e. The molecule has 0 amide bonds. The number of hydrogen-bond donors (Lipinski definition) is 1. The van der Waals surface area contributed by atoms with Crippen molar-refractivity contribution < 1.29 is 18.8 Å². The summed E-state index contributed by atoms with van der Waals surface area (Å²) >= 11 is 0. The van der Waals surface area contributed by atoms with E-state index < -0.39 is 49.9 Å². The minimum atomic E-state index is -3.64. The molecule has 0 fully saturated rings. The van der Waals surface area contributed by atoms with E-state index >= 15 is 0 Å². The number of fused-ring (bicyclic) bond motifs is 1. The van der Waals surface area contributed by atoms with Gasteiger partial charge in [0.25, 0.3) is 5.56 Å². The SMILES string of the molecule is [2H]c1nc2c(c(=O)n(CC([2H])([2H])C([2H])([2H])C([2H])([2H])C(O)C([2H])([2H])[2H])c(=O)n2C)n1C. The molecular weight excluding hydrogens is 260 g/mol. The molecule has 1 N–H and O–H groups in total. The van der Waals surface area contributed by atoms with Gasteiger partial charge in [0.1, 0.15) is 1.37 Å². The zero-order valence-electron chi connectivity index (χ0n) is 20.8. The topological polar surface area (TPSA) is 82.1 Å². The molecule has 2 aromatic heterocycles. The van der Waals surface area contributed by atoms with Crippen LogP contribution in [-0.2, 0) is 20.6 Å². The molecule has 0 saturated heterocycles. The van der Waals surface area contributed by atoms with E-state index in [1.807, 2.05) is 0 Å². The van der Waals surface area contributed by atoms with Gasteiger partial charge in [-0.25, -0.2) is 9.78 Å². The van der Waals surface area contributed by atoms with Crippen LogP contribution in [0.25, 0.3) is 11.2 Å². The van der Waals surface area contributed by atoms with Gasteiger partial charge in [0.2, 0.25) is 0 Å². The van der Waals surface area contributed by atoms with Gasteiger partial charge in [-0.2, -0.15) is 0 Å². The summed E-state index contributed by atoms with van der Waals surface area (Å²) in [6.45, 7) is -4.63. The molecule has 7 heteroatoms. The molecule has 0 aliphatic rings. The van der Waals surface area contributed by atoms with Crippen LogP contribution in [0.2, 0.25) is 0 Å². The molecule has 0 aromatic carbocycles. The lowest BCUT2D eigenvalue weighted by atomic mass is 10.2. The summed E-state index contributed by atoms with van der Waals surface area (Å²) < 4.78 is 78.7. The molecule has 2 aromatic rings. The number of imidazole rings is 1. The van der Waals surface area contributed by atoms with Gasteiger partial charge in [-0.05, 0) is 26.0 Å². The maximum absolute atomic E-state index is 12.8. The zero-order valence-corrected chi connectivity index (χ0v) is 10.8. The Bertz CT molecular complexity index is 1100. The quantitative estimate of drug-likeness (QED) is 0.839. The van der Waals surface area contributed by atoms with Gasteiger partial charge < -0.3 is 9.67 Å². The number of hydrogen-bond acceptors (Lipinski definition) is 4. The molecule has 0 saturated carbocycles. The fourth-order valence-corrected chi connectivity index (χ4v) is 1.71. The maximum atomic E-state index is 12.8. The molecule has 0 bridgehead atoms. The van der Waals surface area contributed by atoms with Crippen molar-refractivity contribution in [3.05, 3.63) is 27.1 Å². The number of aromatic nitrogens is 4. The number of aliphatic hydroxyl groups excluding tert-OH is 1. The lowest BCUT2D eigenvalue weighted by Gasteiger charge is -2.09. The van der Waals surface area contributed by atoms with Crippen LogP contribution >= 0.6 is 0 Å². The molecule has 20 heavy (non-hydrogen) atoms. The molecule has 2 rings (SSSR count). The van der Waals surface area contributed by atoms with Gasteiger partial charge in [-0.1, -0.05) is 0 Å². The third-order valence-electron chi connectivity index (χ3n) is 2.67. The largest absolute Gasteiger partial charge is 0.393 e. The van der Waals surface area contributed by atoms with Crippen molar-refractivity contribution in [3.63, 3.8) is 0 Å². The van der Waals surface area contributed by atoms with Gasteiger partial charge in [0.05, 0.1) is 12.4 Å². The smallest absolute Gasteiger partial charge is 0.332 e. The highest BCUT2D eigenvalue weighted by atomic mass is 16.3. The summed E-state index contributed by atoms with van der Waals surface area (Å²) in [6, 6.07) is 0. The zero-order chi connectivity index (χ0) is 23.6. The van der Waals surface area contributed by atoms with E-state index in [1.165, 1.54) is 14.1 Å². The third-order valence-corrected chi connectivity index (χ3v) is 2.67. The van der Waals surface area contributed by atoms with Crippen molar-refractivity contribution in [2.75, 3.05) is 0 Å². The molecule has 1 atom stereocenters. The van der Waals surface area contributed by atoms with Crippen LogP contribution in [0, 0.1) is 0 Å². The molecule has 0 aliphatic carbocycles. The first-order valence-electron chi connectivity index (χ1n) is 10.6. The maximum Gasteiger partial charge on any atom is 0.332 e. The van der Waals surface area contributed by atoms with Gasteiger partial charge in [0.15, 0.2) is 11.2 Å². The van der Waals surface area contributed by atoms with Crippen molar-refractivity contribution in [1.82, 2.24) is 18.7 Å². The lowest BCUT2D eigenvalue weighted by molar-refractivity contribution is 0.180. The van der Waals surface area contributed by atoms with E-state index in [9.17, 15) is 14.7 Å². The highest BCUT2D eigenvalue weighted by Crippen LogP contribution is 2.04. The van der Waals surface area contributed by atoms with Gasteiger partial charge >= 0.3 is 5.69 Å². The Morgan fingerprint density at radius 3 is 2.95 bits per heavy atom. The molecule has 7 nitrogen and oxygen atoms in total. The standard InChI is InChI=1S/C13H20N4O3/c1-9(18)6-4-5-7-17-12(19)10-11(14-8-15(10)2)16(3)13(17)20/h8-9,18H,4-7H2,1-3H3/i1D3,4D2,5D2,6D2,8D.